The van der Waals surface area contributed by atoms with Crippen LogP contribution < -0.4 is 4.74 Å². The van der Waals surface area contributed by atoms with Crippen molar-refractivity contribution in [2.45, 2.75) is 18.9 Å². The average Bonchev–Trinajstić information content (AvgIpc) is 2.87. The first-order valence-electron chi connectivity index (χ1n) is 6.43. The predicted octanol–water partition coefficient (Wildman–Crippen LogP) is 1.43. The fourth-order valence-corrected chi connectivity index (χ4v) is 2.34. The summed E-state index contributed by atoms with van der Waals surface area (Å²) in [5, 5.41) is 19.7. The van der Waals surface area contributed by atoms with Gasteiger partial charge in [0, 0.05) is 24.7 Å². The Bertz CT molecular complexity index is 421. The van der Waals surface area contributed by atoms with Gasteiger partial charge in [-0.3, -0.25) is 15.0 Å². The van der Waals surface area contributed by atoms with E-state index in [-0.39, 0.29) is 18.3 Å². The molecule has 6 nitrogen and oxygen atoms in total. The molecule has 0 aromatic heterocycles. The van der Waals surface area contributed by atoms with Crippen LogP contribution in [0.15, 0.2) is 24.3 Å². The van der Waals surface area contributed by atoms with E-state index in [1.54, 1.807) is 12.1 Å². The molecule has 0 bridgehead atoms. The second-order valence-electron chi connectivity index (χ2n) is 4.61. The largest absolute Gasteiger partial charge is 0.492 e. The molecule has 0 aliphatic carbocycles. The molecule has 6 heteroatoms. The smallest absolute Gasteiger partial charge is 0.269 e. The van der Waals surface area contributed by atoms with Gasteiger partial charge in [0.1, 0.15) is 12.4 Å². The lowest BCUT2D eigenvalue weighted by Crippen LogP contribution is -2.35. The highest BCUT2D eigenvalue weighted by molar-refractivity contribution is 5.35. The van der Waals surface area contributed by atoms with E-state index in [1.807, 2.05) is 0 Å². The number of nitro groups is 1. The lowest BCUT2D eigenvalue weighted by atomic mass is 10.2. The molecule has 1 heterocycles. The molecule has 19 heavy (non-hydrogen) atoms. The zero-order chi connectivity index (χ0) is 13.7. The van der Waals surface area contributed by atoms with E-state index in [1.165, 1.54) is 12.1 Å². The molecule has 1 fully saturated rings. The first-order valence-corrected chi connectivity index (χ1v) is 6.43. The minimum Gasteiger partial charge on any atom is -0.492 e. The Morgan fingerprint density at radius 2 is 2.16 bits per heavy atom. The van der Waals surface area contributed by atoms with Crippen LogP contribution in [0.3, 0.4) is 0 Å². The van der Waals surface area contributed by atoms with Crippen molar-refractivity contribution in [2.75, 3.05) is 26.3 Å². The minimum absolute atomic E-state index is 0.0623. The second-order valence-corrected chi connectivity index (χ2v) is 4.61. The lowest BCUT2D eigenvalue weighted by molar-refractivity contribution is -0.384. The fraction of sp³-hybridized carbons (Fsp3) is 0.538. The highest BCUT2D eigenvalue weighted by atomic mass is 16.6. The third-order valence-electron chi connectivity index (χ3n) is 3.40. The van der Waals surface area contributed by atoms with Gasteiger partial charge in [0.05, 0.1) is 11.5 Å². The van der Waals surface area contributed by atoms with Crippen molar-refractivity contribution in [3.05, 3.63) is 34.4 Å². The maximum atomic E-state index is 10.5. The number of ether oxygens (including phenoxy) is 1. The molecule has 1 aromatic carbocycles. The van der Waals surface area contributed by atoms with Crippen LogP contribution in [0.5, 0.6) is 5.75 Å². The summed E-state index contributed by atoms with van der Waals surface area (Å²) in [5.41, 5.74) is 0.0623. The summed E-state index contributed by atoms with van der Waals surface area (Å²) in [5.74, 6) is 0.630. The first kappa shape index (κ1) is 13.8. The normalized spacial score (nSPS) is 19.5. The van der Waals surface area contributed by atoms with E-state index in [2.05, 4.69) is 4.90 Å². The minimum atomic E-state index is -0.431. The first-order chi connectivity index (χ1) is 9.20. The summed E-state index contributed by atoms with van der Waals surface area (Å²) < 4.78 is 5.55. The van der Waals surface area contributed by atoms with Crippen LogP contribution in [0, 0.1) is 10.1 Å². The summed E-state index contributed by atoms with van der Waals surface area (Å²) in [6.07, 6.45) is 2.15. The molecule has 1 aliphatic heterocycles. The molecule has 1 N–H and O–H groups in total. The number of hydrogen-bond acceptors (Lipinski definition) is 5. The number of aliphatic hydroxyl groups excluding tert-OH is 1. The van der Waals surface area contributed by atoms with E-state index >= 15 is 0 Å². The van der Waals surface area contributed by atoms with Crippen LogP contribution in [0.1, 0.15) is 12.8 Å². The number of nitrogens with zero attached hydrogens (tertiary/aromatic N) is 2. The number of non-ortho nitro benzene ring substituents is 1. The molecular formula is C13H18N2O4. The monoisotopic (exact) mass is 266 g/mol. The van der Waals surface area contributed by atoms with Crippen molar-refractivity contribution in [3.63, 3.8) is 0 Å². The predicted molar refractivity (Wildman–Crippen MR) is 70.3 cm³/mol. The topological polar surface area (TPSA) is 75.8 Å². The SMILES string of the molecule is O=[N+]([O-])c1ccc(OCCN2CCC[C@H]2CO)cc1. The standard InChI is InChI=1S/C13H18N2O4/c16-10-12-2-1-7-14(12)8-9-19-13-5-3-11(4-6-13)15(17)18/h3-6,12,16H,1-2,7-10H2/t12-/m0/s1. The average molecular weight is 266 g/mol. The summed E-state index contributed by atoms with van der Waals surface area (Å²) in [7, 11) is 0. The van der Waals surface area contributed by atoms with Gasteiger partial charge in [0.15, 0.2) is 0 Å². The molecule has 1 atom stereocenters. The number of hydrogen-bond donors (Lipinski definition) is 1. The Balaban J connectivity index is 1.77. The molecule has 2 rings (SSSR count). The van der Waals surface area contributed by atoms with Crippen LogP contribution in [0.25, 0.3) is 0 Å². The number of nitro benzene ring substituents is 1. The molecule has 1 saturated heterocycles. The maximum absolute atomic E-state index is 10.5. The van der Waals surface area contributed by atoms with Crippen molar-refractivity contribution in [1.82, 2.24) is 4.90 Å². The van der Waals surface area contributed by atoms with Gasteiger partial charge in [0.2, 0.25) is 0 Å². The molecular weight excluding hydrogens is 248 g/mol. The Morgan fingerprint density at radius 1 is 1.42 bits per heavy atom. The van der Waals surface area contributed by atoms with E-state index in [9.17, 15) is 15.2 Å². The number of aliphatic hydroxyl groups is 1. The number of rotatable bonds is 6. The summed E-state index contributed by atoms with van der Waals surface area (Å²) >= 11 is 0. The van der Waals surface area contributed by atoms with Crippen LogP contribution in [-0.2, 0) is 0 Å². The molecule has 0 radical (unpaired) electrons. The van der Waals surface area contributed by atoms with Crippen molar-refractivity contribution in [1.29, 1.82) is 0 Å². The van der Waals surface area contributed by atoms with E-state index in [0.29, 0.717) is 12.4 Å². The number of benzene rings is 1. The van der Waals surface area contributed by atoms with Crippen LogP contribution >= 0.6 is 0 Å². The lowest BCUT2D eigenvalue weighted by Gasteiger charge is -2.22. The third kappa shape index (κ3) is 3.65. The molecule has 0 amide bonds. The number of likely N-dealkylation sites (tertiary alicyclic amines) is 1. The highest BCUT2D eigenvalue weighted by Crippen LogP contribution is 2.18. The molecule has 1 aliphatic rings. The fourth-order valence-electron chi connectivity index (χ4n) is 2.34. The summed E-state index contributed by atoms with van der Waals surface area (Å²) in [6, 6.07) is 6.32. The van der Waals surface area contributed by atoms with Crippen LogP contribution in [0.2, 0.25) is 0 Å². The molecule has 0 unspecified atom stereocenters. The van der Waals surface area contributed by atoms with Crippen LogP contribution in [-0.4, -0.2) is 47.3 Å². The van der Waals surface area contributed by atoms with E-state index < -0.39 is 4.92 Å². The summed E-state index contributed by atoms with van der Waals surface area (Å²) in [6.45, 7) is 2.48. The van der Waals surface area contributed by atoms with Gasteiger partial charge >= 0.3 is 0 Å². The van der Waals surface area contributed by atoms with E-state index in [4.69, 9.17) is 4.74 Å². The Labute approximate surface area is 111 Å². The van der Waals surface area contributed by atoms with E-state index in [0.717, 1.165) is 25.9 Å². The van der Waals surface area contributed by atoms with Gasteiger partial charge in [-0.15, -0.1) is 0 Å². The zero-order valence-electron chi connectivity index (χ0n) is 10.7. The third-order valence-corrected chi connectivity index (χ3v) is 3.40. The van der Waals surface area contributed by atoms with Crippen molar-refractivity contribution < 1.29 is 14.8 Å². The summed E-state index contributed by atoms with van der Waals surface area (Å²) in [4.78, 5) is 12.3. The van der Waals surface area contributed by atoms with Gasteiger partial charge in [-0.25, -0.2) is 0 Å². The van der Waals surface area contributed by atoms with Gasteiger partial charge < -0.3 is 9.84 Å². The van der Waals surface area contributed by atoms with Gasteiger partial charge in [-0.1, -0.05) is 0 Å². The molecule has 0 spiro atoms. The highest BCUT2D eigenvalue weighted by Gasteiger charge is 2.22. The zero-order valence-corrected chi connectivity index (χ0v) is 10.7. The Hall–Kier alpha value is -1.66. The van der Waals surface area contributed by atoms with Crippen molar-refractivity contribution >= 4 is 5.69 Å². The Morgan fingerprint density at radius 3 is 2.79 bits per heavy atom. The second kappa shape index (κ2) is 6.49. The molecule has 104 valence electrons. The quantitative estimate of drug-likeness (QED) is 0.622. The Kier molecular flexibility index (Phi) is 4.70. The molecule has 0 saturated carbocycles. The van der Waals surface area contributed by atoms with Gasteiger partial charge in [0.25, 0.3) is 5.69 Å². The van der Waals surface area contributed by atoms with Crippen LogP contribution in [0.4, 0.5) is 5.69 Å². The molecule has 1 aromatic rings. The van der Waals surface area contributed by atoms with Crippen molar-refractivity contribution in [2.24, 2.45) is 0 Å². The van der Waals surface area contributed by atoms with Gasteiger partial charge in [-0.05, 0) is 31.5 Å². The van der Waals surface area contributed by atoms with Crippen molar-refractivity contribution in [3.8, 4) is 5.75 Å². The van der Waals surface area contributed by atoms with Gasteiger partial charge in [-0.2, -0.15) is 0 Å². The maximum Gasteiger partial charge on any atom is 0.269 e.